The number of carbonyl (C=O) groups excluding carboxylic acids is 1. The summed E-state index contributed by atoms with van der Waals surface area (Å²) in [6, 6.07) is 14.1. The zero-order valence-corrected chi connectivity index (χ0v) is 14.0. The van der Waals surface area contributed by atoms with Crippen LogP contribution in [0.25, 0.3) is 0 Å². The van der Waals surface area contributed by atoms with E-state index in [-0.39, 0.29) is 11.9 Å². The number of halogens is 1. The van der Waals surface area contributed by atoms with Crippen LogP contribution in [-0.2, 0) is 0 Å². The van der Waals surface area contributed by atoms with Crippen LogP contribution in [0.2, 0.25) is 0 Å². The molecule has 0 aliphatic rings. The minimum atomic E-state index is -0.0643. The summed E-state index contributed by atoms with van der Waals surface area (Å²) in [5, 5.41) is 6.12. The van der Waals surface area contributed by atoms with Crippen LogP contribution < -0.4 is 10.6 Å². The van der Waals surface area contributed by atoms with Crippen LogP contribution in [0.3, 0.4) is 0 Å². The molecule has 2 aromatic carbocycles. The maximum absolute atomic E-state index is 11.6. The number of anilines is 1. The Morgan fingerprint density at radius 2 is 1.81 bits per heavy atom. The fourth-order valence-electron chi connectivity index (χ4n) is 2.18. The fourth-order valence-corrected chi connectivity index (χ4v) is 2.44. The predicted molar refractivity (Wildman–Crippen MR) is 90.7 cm³/mol. The van der Waals surface area contributed by atoms with Gasteiger partial charge in [0.2, 0.25) is 0 Å². The van der Waals surface area contributed by atoms with E-state index < -0.39 is 0 Å². The lowest BCUT2D eigenvalue weighted by atomic mass is 10.1. The molecule has 0 saturated heterocycles. The van der Waals surface area contributed by atoms with E-state index in [9.17, 15) is 4.79 Å². The van der Waals surface area contributed by atoms with Gasteiger partial charge in [0.25, 0.3) is 5.91 Å². The van der Waals surface area contributed by atoms with E-state index in [0.29, 0.717) is 5.56 Å². The van der Waals surface area contributed by atoms with Crippen molar-refractivity contribution in [2.24, 2.45) is 0 Å². The summed E-state index contributed by atoms with van der Waals surface area (Å²) in [7, 11) is 1.64. The molecule has 0 aliphatic heterocycles. The zero-order chi connectivity index (χ0) is 15.4. The predicted octanol–water partition coefficient (Wildman–Crippen LogP) is 4.29. The van der Waals surface area contributed by atoms with E-state index in [4.69, 9.17) is 0 Å². The highest BCUT2D eigenvalue weighted by molar-refractivity contribution is 9.10. The van der Waals surface area contributed by atoms with Gasteiger partial charge in [-0.3, -0.25) is 4.79 Å². The molecular weight excluding hydrogens is 328 g/mol. The van der Waals surface area contributed by atoms with Crippen LogP contribution in [0.1, 0.15) is 34.5 Å². The van der Waals surface area contributed by atoms with Crippen molar-refractivity contribution in [3.63, 3.8) is 0 Å². The highest BCUT2D eigenvalue weighted by Crippen LogP contribution is 2.24. The first-order valence-corrected chi connectivity index (χ1v) is 7.65. The van der Waals surface area contributed by atoms with Crippen molar-refractivity contribution in [3.05, 3.63) is 63.6 Å². The first kappa shape index (κ1) is 15.6. The summed E-state index contributed by atoms with van der Waals surface area (Å²) < 4.78 is 1.07. The first-order valence-electron chi connectivity index (χ1n) is 6.86. The smallest absolute Gasteiger partial charge is 0.251 e. The van der Waals surface area contributed by atoms with E-state index in [1.807, 2.05) is 37.3 Å². The second-order valence-corrected chi connectivity index (χ2v) is 5.94. The Kier molecular flexibility index (Phi) is 5.02. The molecule has 3 nitrogen and oxygen atoms in total. The second kappa shape index (κ2) is 6.76. The molecule has 0 bridgehead atoms. The molecule has 0 spiro atoms. The Morgan fingerprint density at radius 3 is 2.38 bits per heavy atom. The molecule has 1 atom stereocenters. The van der Waals surface area contributed by atoms with Gasteiger partial charge >= 0.3 is 0 Å². The summed E-state index contributed by atoms with van der Waals surface area (Å²) in [5.74, 6) is -0.0643. The molecule has 1 unspecified atom stereocenters. The monoisotopic (exact) mass is 346 g/mol. The van der Waals surface area contributed by atoms with Gasteiger partial charge in [0.05, 0.1) is 0 Å². The fraction of sp³-hybridized carbons (Fsp3) is 0.235. The van der Waals surface area contributed by atoms with E-state index in [1.54, 1.807) is 7.05 Å². The van der Waals surface area contributed by atoms with Crippen molar-refractivity contribution in [1.29, 1.82) is 0 Å². The normalized spacial score (nSPS) is 11.8. The lowest BCUT2D eigenvalue weighted by molar-refractivity contribution is 0.0963. The van der Waals surface area contributed by atoms with Gasteiger partial charge in [-0.15, -0.1) is 0 Å². The number of hydrogen-bond acceptors (Lipinski definition) is 2. The molecule has 2 N–H and O–H groups in total. The molecule has 0 aliphatic carbocycles. The molecule has 2 aromatic rings. The number of amides is 1. The molecule has 4 heteroatoms. The Morgan fingerprint density at radius 1 is 1.14 bits per heavy atom. The van der Waals surface area contributed by atoms with Gasteiger partial charge in [0.15, 0.2) is 0 Å². The van der Waals surface area contributed by atoms with Crippen molar-refractivity contribution in [1.82, 2.24) is 5.32 Å². The lowest BCUT2D eigenvalue weighted by Gasteiger charge is -2.18. The van der Waals surface area contributed by atoms with E-state index >= 15 is 0 Å². The van der Waals surface area contributed by atoms with Gasteiger partial charge in [0.1, 0.15) is 0 Å². The van der Waals surface area contributed by atoms with Crippen molar-refractivity contribution >= 4 is 27.5 Å². The minimum Gasteiger partial charge on any atom is -0.378 e. The second-order valence-electron chi connectivity index (χ2n) is 5.03. The molecule has 1 amide bonds. The lowest BCUT2D eigenvalue weighted by Crippen LogP contribution is -2.18. The Hall–Kier alpha value is -1.81. The Bertz CT molecular complexity index is 638. The average Bonchev–Trinajstić information content (AvgIpc) is 2.49. The minimum absolute atomic E-state index is 0.0643. The van der Waals surface area contributed by atoms with Crippen LogP contribution in [0.4, 0.5) is 5.69 Å². The number of hydrogen-bond donors (Lipinski definition) is 2. The molecule has 0 saturated carbocycles. The average molecular weight is 347 g/mol. The third-order valence-electron chi connectivity index (χ3n) is 3.46. The Balaban J connectivity index is 2.15. The number of rotatable bonds is 4. The van der Waals surface area contributed by atoms with Crippen molar-refractivity contribution in [3.8, 4) is 0 Å². The third-order valence-corrected chi connectivity index (χ3v) is 3.99. The van der Waals surface area contributed by atoms with Gasteiger partial charge in [-0.1, -0.05) is 28.1 Å². The maximum Gasteiger partial charge on any atom is 0.251 e. The molecule has 0 aromatic heterocycles. The molecule has 0 radical (unpaired) electrons. The van der Waals surface area contributed by atoms with Crippen LogP contribution >= 0.6 is 15.9 Å². The van der Waals surface area contributed by atoms with E-state index in [2.05, 4.69) is 45.6 Å². The van der Waals surface area contributed by atoms with Gasteiger partial charge in [0, 0.05) is 28.8 Å². The van der Waals surface area contributed by atoms with Gasteiger partial charge in [-0.25, -0.2) is 0 Å². The number of aryl methyl sites for hydroxylation is 1. The first-order chi connectivity index (χ1) is 10.0. The van der Waals surface area contributed by atoms with Crippen LogP contribution in [-0.4, -0.2) is 13.0 Å². The van der Waals surface area contributed by atoms with E-state index in [0.717, 1.165) is 15.7 Å². The van der Waals surface area contributed by atoms with Gasteiger partial charge < -0.3 is 10.6 Å². The van der Waals surface area contributed by atoms with Crippen LogP contribution in [0, 0.1) is 6.92 Å². The SMILES string of the molecule is CNC(=O)c1ccc(NC(C)c2ccc(Br)cc2)c(C)c1. The third kappa shape index (κ3) is 3.85. The molecule has 0 fully saturated rings. The number of benzene rings is 2. The Labute approximate surface area is 133 Å². The van der Waals surface area contributed by atoms with Crippen molar-refractivity contribution < 1.29 is 4.79 Å². The molecule has 2 rings (SSSR count). The summed E-state index contributed by atoms with van der Waals surface area (Å²) in [5.41, 5.74) is 3.99. The largest absolute Gasteiger partial charge is 0.378 e. The standard InChI is InChI=1S/C17H19BrN2O/c1-11-10-14(17(21)19-3)6-9-16(11)20-12(2)13-4-7-15(18)8-5-13/h4-10,12,20H,1-3H3,(H,19,21). The van der Waals surface area contributed by atoms with Crippen molar-refractivity contribution in [2.45, 2.75) is 19.9 Å². The topological polar surface area (TPSA) is 41.1 Å². The summed E-state index contributed by atoms with van der Waals surface area (Å²) in [6.07, 6.45) is 0. The highest BCUT2D eigenvalue weighted by Gasteiger charge is 2.09. The summed E-state index contributed by atoms with van der Waals surface area (Å²) >= 11 is 3.44. The quantitative estimate of drug-likeness (QED) is 0.866. The van der Waals surface area contributed by atoms with Crippen LogP contribution in [0.15, 0.2) is 46.9 Å². The van der Waals surface area contributed by atoms with Gasteiger partial charge in [-0.2, -0.15) is 0 Å². The maximum atomic E-state index is 11.6. The molecular formula is C17H19BrN2O. The molecule has 0 heterocycles. The van der Waals surface area contributed by atoms with E-state index in [1.165, 1.54) is 5.56 Å². The van der Waals surface area contributed by atoms with Crippen LogP contribution in [0.5, 0.6) is 0 Å². The molecule has 21 heavy (non-hydrogen) atoms. The van der Waals surface area contributed by atoms with Crippen molar-refractivity contribution in [2.75, 3.05) is 12.4 Å². The number of nitrogens with one attached hydrogen (secondary N) is 2. The van der Waals surface area contributed by atoms with Gasteiger partial charge in [-0.05, 0) is 55.3 Å². The summed E-state index contributed by atoms with van der Waals surface area (Å²) in [6.45, 7) is 4.12. The highest BCUT2D eigenvalue weighted by atomic mass is 79.9. The zero-order valence-electron chi connectivity index (χ0n) is 12.4. The number of carbonyl (C=O) groups is 1. The summed E-state index contributed by atoms with van der Waals surface area (Å²) in [4.78, 5) is 11.6. The molecule has 110 valence electrons.